The van der Waals surface area contributed by atoms with Crippen molar-refractivity contribution in [3.63, 3.8) is 0 Å². The van der Waals surface area contributed by atoms with E-state index in [1.807, 2.05) is 12.1 Å². The van der Waals surface area contributed by atoms with Crippen LogP contribution in [0.1, 0.15) is 5.56 Å². The second kappa shape index (κ2) is 3.32. The summed E-state index contributed by atoms with van der Waals surface area (Å²) in [5.41, 5.74) is 1.05. The molecule has 1 rings (SSSR count). The maximum Gasteiger partial charge on any atom is 0.136 e. The molecule has 0 fully saturated rings. The van der Waals surface area contributed by atoms with Crippen molar-refractivity contribution in [1.82, 2.24) is 4.98 Å². The molecule has 0 N–H and O–H groups in total. The van der Waals surface area contributed by atoms with Crippen LogP contribution in [-0.4, -0.2) is 4.98 Å². The van der Waals surface area contributed by atoms with E-state index in [1.165, 1.54) is 0 Å². The van der Waals surface area contributed by atoms with E-state index in [0.717, 1.165) is 9.30 Å². The molecule has 0 aromatic carbocycles. The molecule has 0 spiro atoms. The van der Waals surface area contributed by atoms with Crippen LogP contribution in [0.3, 0.4) is 0 Å². The maximum atomic E-state index is 3.93. The zero-order valence-corrected chi connectivity index (χ0v) is 7.68. The summed E-state index contributed by atoms with van der Waals surface area (Å²) in [6.07, 6.45) is 3.52. The number of hydrogen-bond acceptors (Lipinski definition) is 1. The zero-order chi connectivity index (χ0) is 6.69. The Morgan fingerprint density at radius 3 is 2.56 bits per heavy atom. The van der Waals surface area contributed by atoms with E-state index >= 15 is 0 Å². The molecule has 3 heteroatoms. The lowest BCUT2D eigenvalue weighted by Gasteiger charge is -1.95. The highest BCUT2D eigenvalue weighted by atomic mass is 79.9. The summed E-state index contributed by atoms with van der Waals surface area (Å²) in [5.74, 6) is 0. The number of halogens is 2. The number of pyridine rings is 1. The van der Waals surface area contributed by atoms with Crippen LogP contribution in [0, 0.1) is 3.74 Å². The van der Waals surface area contributed by atoms with E-state index in [2.05, 4.69) is 36.8 Å². The summed E-state index contributed by atoms with van der Waals surface area (Å²) in [6.45, 7) is 0. The molecule has 0 amide bonds. The molecule has 0 aliphatic rings. The number of rotatable bonds is 1. The van der Waals surface area contributed by atoms with Gasteiger partial charge in [-0.2, -0.15) is 0 Å². The molecule has 0 aliphatic heterocycles. The molecule has 1 heterocycles. The summed E-state index contributed by atoms with van der Waals surface area (Å²) in [5, 5.41) is 0. The first-order valence-corrected chi connectivity index (χ1v) is 3.97. The highest BCUT2D eigenvalue weighted by Gasteiger charge is 2.00. The lowest BCUT2D eigenvalue weighted by molar-refractivity contribution is 1.30. The summed E-state index contributed by atoms with van der Waals surface area (Å²) >= 11 is 6.55. The second-order valence-corrected chi connectivity index (χ2v) is 4.15. The van der Waals surface area contributed by atoms with Gasteiger partial charge in [-0.25, -0.2) is 0 Å². The highest BCUT2D eigenvalue weighted by molar-refractivity contribution is 9.27. The molecular formula is C6H4Br2N. The fourth-order valence-corrected chi connectivity index (χ4v) is 0.944. The van der Waals surface area contributed by atoms with Gasteiger partial charge >= 0.3 is 0 Å². The SMILES string of the molecule is Br[C](Br)c1cccnc1. The number of hydrogen-bond donors (Lipinski definition) is 0. The van der Waals surface area contributed by atoms with Crippen molar-refractivity contribution in [2.75, 3.05) is 0 Å². The Hall–Kier alpha value is 0.110. The number of nitrogens with zero attached hydrogens (tertiary/aromatic N) is 1. The van der Waals surface area contributed by atoms with E-state index in [9.17, 15) is 0 Å². The molecule has 1 aromatic rings. The van der Waals surface area contributed by atoms with Crippen LogP contribution in [0.15, 0.2) is 24.5 Å². The smallest absolute Gasteiger partial charge is 0.136 e. The average Bonchev–Trinajstić information content (AvgIpc) is 1.90. The molecular weight excluding hydrogens is 246 g/mol. The summed E-state index contributed by atoms with van der Waals surface area (Å²) in [4.78, 5) is 3.93. The van der Waals surface area contributed by atoms with Crippen molar-refractivity contribution in [3.8, 4) is 0 Å². The summed E-state index contributed by atoms with van der Waals surface area (Å²) in [6, 6.07) is 3.85. The third-order valence-electron chi connectivity index (χ3n) is 0.880. The standard InChI is InChI=1S/C6H4Br2N/c7-6(8)5-2-1-3-9-4-5/h1-4H. The van der Waals surface area contributed by atoms with Gasteiger partial charge in [0.2, 0.25) is 0 Å². The van der Waals surface area contributed by atoms with Crippen LogP contribution >= 0.6 is 31.9 Å². The largest absolute Gasteiger partial charge is 0.264 e. The third-order valence-corrected chi connectivity index (χ3v) is 1.80. The quantitative estimate of drug-likeness (QED) is 0.746. The van der Waals surface area contributed by atoms with Crippen molar-refractivity contribution in [2.24, 2.45) is 0 Å². The van der Waals surface area contributed by atoms with Gasteiger partial charge in [-0.1, -0.05) is 37.9 Å². The van der Waals surface area contributed by atoms with Gasteiger partial charge in [0.05, 0.1) is 0 Å². The van der Waals surface area contributed by atoms with Gasteiger partial charge in [-0.05, 0) is 6.07 Å². The monoisotopic (exact) mass is 248 g/mol. The van der Waals surface area contributed by atoms with Crippen LogP contribution in [0.4, 0.5) is 0 Å². The molecule has 1 nitrogen and oxygen atoms in total. The first kappa shape index (κ1) is 7.22. The fraction of sp³-hybridized carbons (Fsp3) is 0. The Morgan fingerprint density at radius 2 is 2.22 bits per heavy atom. The van der Waals surface area contributed by atoms with Crippen LogP contribution in [0.2, 0.25) is 0 Å². The van der Waals surface area contributed by atoms with Crippen molar-refractivity contribution < 1.29 is 0 Å². The molecule has 0 saturated heterocycles. The van der Waals surface area contributed by atoms with Crippen LogP contribution in [0.25, 0.3) is 0 Å². The maximum absolute atomic E-state index is 3.93. The van der Waals surface area contributed by atoms with Gasteiger partial charge in [-0.15, -0.1) is 0 Å². The Labute approximate surface area is 70.8 Å². The minimum atomic E-state index is 0.933. The molecule has 0 aliphatic carbocycles. The first-order chi connectivity index (χ1) is 4.30. The topological polar surface area (TPSA) is 12.9 Å². The Balaban J connectivity index is 2.85. The van der Waals surface area contributed by atoms with Gasteiger partial charge in [-0.3, -0.25) is 4.98 Å². The fourth-order valence-electron chi connectivity index (χ4n) is 0.475. The minimum absolute atomic E-state index is 0.933. The van der Waals surface area contributed by atoms with E-state index < -0.39 is 0 Å². The molecule has 0 bridgehead atoms. The predicted octanol–water partition coefficient (Wildman–Crippen LogP) is 2.71. The van der Waals surface area contributed by atoms with Gasteiger partial charge in [0.25, 0.3) is 0 Å². The molecule has 0 atom stereocenters. The van der Waals surface area contributed by atoms with Crippen molar-refractivity contribution in [2.45, 2.75) is 0 Å². The Bertz CT molecular complexity index is 174. The highest BCUT2D eigenvalue weighted by Crippen LogP contribution is 2.26. The molecule has 0 saturated carbocycles. The molecule has 0 unspecified atom stereocenters. The van der Waals surface area contributed by atoms with E-state index in [-0.39, 0.29) is 0 Å². The van der Waals surface area contributed by atoms with Gasteiger partial charge in [0.1, 0.15) is 3.74 Å². The second-order valence-electron chi connectivity index (χ2n) is 1.50. The Morgan fingerprint density at radius 1 is 1.44 bits per heavy atom. The van der Waals surface area contributed by atoms with E-state index in [4.69, 9.17) is 0 Å². The molecule has 1 aromatic heterocycles. The normalized spacial score (nSPS) is 10.1. The van der Waals surface area contributed by atoms with E-state index in [0.29, 0.717) is 0 Å². The Kier molecular flexibility index (Phi) is 2.66. The van der Waals surface area contributed by atoms with Crippen molar-refractivity contribution in [1.29, 1.82) is 0 Å². The van der Waals surface area contributed by atoms with Crippen molar-refractivity contribution >= 4 is 31.9 Å². The van der Waals surface area contributed by atoms with Crippen LogP contribution in [0.5, 0.6) is 0 Å². The molecule has 47 valence electrons. The average molecular weight is 250 g/mol. The van der Waals surface area contributed by atoms with Gasteiger partial charge < -0.3 is 0 Å². The van der Waals surface area contributed by atoms with Gasteiger partial charge in [0.15, 0.2) is 0 Å². The molecule has 1 radical (unpaired) electrons. The third kappa shape index (κ3) is 2.06. The minimum Gasteiger partial charge on any atom is -0.264 e. The predicted molar refractivity (Wildman–Crippen MR) is 44.4 cm³/mol. The summed E-state index contributed by atoms with van der Waals surface area (Å²) in [7, 11) is 0. The van der Waals surface area contributed by atoms with Crippen molar-refractivity contribution in [3.05, 3.63) is 33.8 Å². The number of aromatic nitrogens is 1. The first-order valence-electron chi connectivity index (χ1n) is 2.39. The zero-order valence-electron chi connectivity index (χ0n) is 4.51. The van der Waals surface area contributed by atoms with E-state index in [1.54, 1.807) is 12.4 Å². The lowest BCUT2D eigenvalue weighted by Crippen LogP contribution is -1.80. The molecule has 9 heavy (non-hydrogen) atoms. The van der Waals surface area contributed by atoms with Gasteiger partial charge in [0, 0.05) is 18.0 Å². The van der Waals surface area contributed by atoms with Crippen LogP contribution < -0.4 is 0 Å². The lowest BCUT2D eigenvalue weighted by atomic mass is 10.3. The summed E-state index contributed by atoms with van der Waals surface area (Å²) < 4.78 is 0.933. The van der Waals surface area contributed by atoms with Crippen LogP contribution in [-0.2, 0) is 0 Å².